The van der Waals surface area contributed by atoms with Gasteiger partial charge in [0.15, 0.2) is 0 Å². The van der Waals surface area contributed by atoms with Gasteiger partial charge in [0.1, 0.15) is 6.10 Å². The first kappa shape index (κ1) is 12.9. The van der Waals surface area contributed by atoms with Crippen LogP contribution in [-0.4, -0.2) is 30.1 Å². The molecule has 1 fully saturated rings. The molecule has 0 aliphatic carbocycles. The quantitative estimate of drug-likeness (QED) is 0.827. The number of nitrogens with two attached hydrogens (primary N) is 1. The van der Waals surface area contributed by atoms with E-state index in [1.54, 1.807) is 0 Å². The van der Waals surface area contributed by atoms with E-state index >= 15 is 0 Å². The van der Waals surface area contributed by atoms with Gasteiger partial charge < -0.3 is 15.4 Å². The number of anilines is 1. The Balaban J connectivity index is 2.00. The number of likely N-dealkylation sites (N-methyl/N-ethyl adjacent to an activating group) is 1. The summed E-state index contributed by atoms with van der Waals surface area (Å²) >= 11 is 0. The molecule has 1 aliphatic heterocycles. The Hall–Kier alpha value is -1.55. The number of rotatable bonds is 4. The third kappa shape index (κ3) is 3.01. The van der Waals surface area contributed by atoms with Crippen molar-refractivity contribution in [1.82, 2.24) is 4.90 Å². The van der Waals surface area contributed by atoms with Crippen LogP contribution in [-0.2, 0) is 16.1 Å². The number of amides is 1. The van der Waals surface area contributed by atoms with Crippen molar-refractivity contribution in [3.05, 3.63) is 29.8 Å². The minimum atomic E-state index is -0.237. The summed E-state index contributed by atoms with van der Waals surface area (Å²) < 4.78 is 5.44. The Morgan fingerprint density at radius 3 is 2.72 bits per heavy atom. The van der Waals surface area contributed by atoms with E-state index in [1.165, 1.54) is 0 Å². The molecule has 0 bridgehead atoms. The van der Waals surface area contributed by atoms with Gasteiger partial charge in [0, 0.05) is 25.4 Å². The molecule has 0 spiro atoms. The van der Waals surface area contributed by atoms with Crippen LogP contribution in [0.4, 0.5) is 5.69 Å². The van der Waals surface area contributed by atoms with Crippen molar-refractivity contribution in [3.8, 4) is 0 Å². The molecular formula is C14H20N2O2. The summed E-state index contributed by atoms with van der Waals surface area (Å²) in [6.07, 6.45) is 1.59. The molecule has 2 rings (SSSR count). The van der Waals surface area contributed by atoms with Gasteiger partial charge in [-0.15, -0.1) is 0 Å². The monoisotopic (exact) mass is 248 g/mol. The molecular weight excluding hydrogens is 228 g/mol. The van der Waals surface area contributed by atoms with Gasteiger partial charge in [-0.25, -0.2) is 0 Å². The summed E-state index contributed by atoms with van der Waals surface area (Å²) in [6, 6.07) is 7.64. The smallest absolute Gasteiger partial charge is 0.251 e. The summed E-state index contributed by atoms with van der Waals surface area (Å²) in [6.45, 7) is 4.01. The summed E-state index contributed by atoms with van der Waals surface area (Å²) in [5.74, 6) is 0.104. The van der Waals surface area contributed by atoms with Crippen LogP contribution in [0.1, 0.15) is 25.3 Å². The molecule has 0 saturated carbocycles. The van der Waals surface area contributed by atoms with Gasteiger partial charge in [0.05, 0.1) is 0 Å². The standard InChI is InChI=1S/C14H20N2O2/c1-2-16(14(17)13-4-3-9-18-13)10-11-5-7-12(15)8-6-11/h5-8,13H,2-4,9-10,15H2,1H3. The third-order valence-corrected chi connectivity index (χ3v) is 3.25. The number of hydrogen-bond acceptors (Lipinski definition) is 3. The van der Waals surface area contributed by atoms with Crippen molar-refractivity contribution in [2.75, 3.05) is 18.9 Å². The van der Waals surface area contributed by atoms with E-state index in [1.807, 2.05) is 36.1 Å². The number of benzene rings is 1. The molecule has 4 nitrogen and oxygen atoms in total. The van der Waals surface area contributed by atoms with Crippen molar-refractivity contribution in [1.29, 1.82) is 0 Å². The lowest BCUT2D eigenvalue weighted by Crippen LogP contribution is -2.38. The zero-order valence-corrected chi connectivity index (χ0v) is 10.8. The second-order valence-corrected chi connectivity index (χ2v) is 4.60. The molecule has 2 N–H and O–H groups in total. The first-order valence-corrected chi connectivity index (χ1v) is 6.45. The highest BCUT2D eigenvalue weighted by atomic mass is 16.5. The first-order valence-electron chi connectivity index (χ1n) is 6.45. The minimum Gasteiger partial charge on any atom is -0.399 e. The first-order chi connectivity index (χ1) is 8.70. The fraction of sp³-hybridized carbons (Fsp3) is 0.500. The molecule has 1 atom stereocenters. The largest absolute Gasteiger partial charge is 0.399 e. The van der Waals surface area contributed by atoms with E-state index in [2.05, 4.69) is 0 Å². The lowest BCUT2D eigenvalue weighted by atomic mass is 10.1. The normalized spacial score (nSPS) is 18.8. The van der Waals surface area contributed by atoms with Gasteiger partial charge in [-0.1, -0.05) is 12.1 Å². The zero-order valence-electron chi connectivity index (χ0n) is 10.8. The lowest BCUT2D eigenvalue weighted by Gasteiger charge is -2.24. The number of carbonyl (C=O) groups is 1. The summed E-state index contributed by atoms with van der Waals surface area (Å²) in [5.41, 5.74) is 7.49. The van der Waals surface area contributed by atoms with E-state index in [-0.39, 0.29) is 12.0 Å². The highest BCUT2D eigenvalue weighted by Crippen LogP contribution is 2.16. The van der Waals surface area contributed by atoms with E-state index in [0.717, 1.165) is 24.1 Å². The number of hydrogen-bond donors (Lipinski definition) is 1. The van der Waals surface area contributed by atoms with Crippen molar-refractivity contribution in [3.63, 3.8) is 0 Å². The van der Waals surface area contributed by atoms with E-state index in [0.29, 0.717) is 19.7 Å². The maximum absolute atomic E-state index is 12.2. The SMILES string of the molecule is CCN(Cc1ccc(N)cc1)C(=O)C1CCCO1. The van der Waals surface area contributed by atoms with Gasteiger partial charge in [0.2, 0.25) is 0 Å². The van der Waals surface area contributed by atoms with Crippen LogP contribution < -0.4 is 5.73 Å². The summed E-state index contributed by atoms with van der Waals surface area (Å²) in [7, 11) is 0. The van der Waals surface area contributed by atoms with Gasteiger partial charge in [-0.2, -0.15) is 0 Å². The number of carbonyl (C=O) groups excluding carboxylic acids is 1. The van der Waals surface area contributed by atoms with Gasteiger partial charge in [0.25, 0.3) is 5.91 Å². The van der Waals surface area contributed by atoms with Gasteiger partial charge >= 0.3 is 0 Å². The number of nitrogen functional groups attached to an aromatic ring is 1. The molecule has 1 unspecified atom stereocenters. The van der Waals surface area contributed by atoms with Crippen molar-refractivity contribution in [2.45, 2.75) is 32.4 Å². The maximum Gasteiger partial charge on any atom is 0.251 e. The third-order valence-electron chi connectivity index (χ3n) is 3.25. The zero-order chi connectivity index (χ0) is 13.0. The average molecular weight is 248 g/mol. The molecule has 98 valence electrons. The number of ether oxygens (including phenoxy) is 1. The Bertz CT molecular complexity index is 397. The van der Waals surface area contributed by atoms with Crippen LogP contribution in [0.2, 0.25) is 0 Å². The predicted molar refractivity (Wildman–Crippen MR) is 70.9 cm³/mol. The highest BCUT2D eigenvalue weighted by Gasteiger charge is 2.27. The summed E-state index contributed by atoms with van der Waals surface area (Å²) in [4.78, 5) is 14.1. The Morgan fingerprint density at radius 2 is 2.17 bits per heavy atom. The summed E-state index contributed by atoms with van der Waals surface area (Å²) in [5, 5.41) is 0. The van der Waals surface area contributed by atoms with Crippen LogP contribution in [0.5, 0.6) is 0 Å². The van der Waals surface area contributed by atoms with E-state index in [4.69, 9.17) is 10.5 Å². The molecule has 4 heteroatoms. The molecule has 1 heterocycles. The van der Waals surface area contributed by atoms with Crippen LogP contribution in [0, 0.1) is 0 Å². The van der Waals surface area contributed by atoms with Crippen LogP contribution in [0.25, 0.3) is 0 Å². The molecule has 18 heavy (non-hydrogen) atoms. The Labute approximate surface area is 108 Å². The molecule has 1 aromatic rings. The lowest BCUT2D eigenvalue weighted by molar-refractivity contribution is -0.141. The van der Waals surface area contributed by atoms with Crippen molar-refractivity contribution < 1.29 is 9.53 Å². The molecule has 1 saturated heterocycles. The second kappa shape index (κ2) is 5.87. The molecule has 0 aromatic heterocycles. The molecule has 1 aromatic carbocycles. The highest BCUT2D eigenvalue weighted by molar-refractivity contribution is 5.81. The second-order valence-electron chi connectivity index (χ2n) is 4.60. The average Bonchev–Trinajstić information content (AvgIpc) is 2.91. The van der Waals surface area contributed by atoms with E-state index < -0.39 is 0 Å². The van der Waals surface area contributed by atoms with Crippen LogP contribution in [0.15, 0.2) is 24.3 Å². The fourth-order valence-corrected chi connectivity index (χ4v) is 2.17. The predicted octanol–water partition coefficient (Wildman–Crippen LogP) is 1.80. The molecule has 0 radical (unpaired) electrons. The van der Waals surface area contributed by atoms with Gasteiger partial charge in [-0.05, 0) is 37.5 Å². The maximum atomic E-state index is 12.2. The topological polar surface area (TPSA) is 55.6 Å². The number of nitrogens with zero attached hydrogens (tertiary/aromatic N) is 1. The fourth-order valence-electron chi connectivity index (χ4n) is 2.17. The molecule has 1 amide bonds. The van der Waals surface area contributed by atoms with E-state index in [9.17, 15) is 4.79 Å². The van der Waals surface area contributed by atoms with Crippen molar-refractivity contribution in [2.24, 2.45) is 0 Å². The van der Waals surface area contributed by atoms with Crippen LogP contribution in [0.3, 0.4) is 0 Å². The Kier molecular flexibility index (Phi) is 4.20. The Morgan fingerprint density at radius 1 is 1.44 bits per heavy atom. The molecule has 1 aliphatic rings. The van der Waals surface area contributed by atoms with Crippen molar-refractivity contribution >= 4 is 11.6 Å². The minimum absolute atomic E-state index is 0.104. The van der Waals surface area contributed by atoms with Crippen LogP contribution >= 0.6 is 0 Å². The van der Waals surface area contributed by atoms with Gasteiger partial charge in [-0.3, -0.25) is 4.79 Å².